The molecule has 0 spiro atoms. The molecule has 1 aromatic heterocycles. The van der Waals surface area contributed by atoms with Gasteiger partial charge in [0.1, 0.15) is 4.90 Å². The van der Waals surface area contributed by atoms with Crippen molar-refractivity contribution in [1.82, 2.24) is 8.96 Å². The number of aromatic amines is 1. The number of aromatic nitrogens is 2. The second-order valence-electron chi connectivity index (χ2n) is 5.69. The fraction of sp³-hybridized carbons (Fsp3) is 0.0588. The van der Waals surface area contributed by atoms with Crippen molar-refractivity contribution in [2.24, 2.45) is 0 Å². The second-order valence-corrected chi connectivity index (χ2v) is 8.36. The Balaban J connectivity index is 2.04. The fourth-order valence-electron chi connectivity index (χ4n) is 2.36. The Labute approximate surface area is 165 Å². The van der Waals surface area contributed by atoms with E-state index in [-0.39, 0.29) is 20.4 Å². The average Bonchev–Trinajstić information content (AvgIpc) is 3.03. The molecule has 0 aliphatic heterocycles. The van der Waals surface area contributed by atoms with Crippen LogP contribution in [0.1, 0.15) is 15.9 Å². The molecule has 0 saturated heterocycles. The molecule has 140 valence electrons. The number of hydrogen-bond acceptors (Lipinski definition) is 5. The maximum atomic E-state index is 12.7. The van der Waals surface area contributed by atoms with Crippen molar-refractivity contribution in [2.75, 3.05) is 5.32 Å². The third kappa shape index (κ3) is 3.80. The minimum Gasteiger partial charge on any atom is -0.322 e. The van der Waals surface area contributed by atoms with Gasteiger partial charge in [0.25, 0.3) is 15.9 Å². The second kappa shape index (κ2) is 7.26. The van der Waals surface area contributed by atoms with Crippen LogP contribution in [0.25, 0.3) is 0 Å². The Kier molecular flexibility index (Phi) is 5.18. The van der Waals surface area contributed by atoms with Crippen LogP contribution in [0.3, 0.4) is 0 Å². The zero-order valence-corrected chi connectivity index (χ0v) is 16.4. The summed E-state index contributed by atoms with van der Waals surface area (Å²) in [6.07, 6.45) is 2.27. The summed E-state index contributed by atoms with van der Waals surface area (Å²) < 4.78 is 26.0. The van der Waals surface area contributed by atoms with E-state index in [9.17, 15) is 18.0 Å². The first-order valence-corrected chi connectivity index (χ1v) is 9.89. The van der Waals surface area contributed by atoms with Crippen molar-refractivity contribution >= 4 is 45.8 Å². The summed E-state index contributed by atoms with van der Waals surface area (Å²) in [5.74, 6) is -0.588. The largest absolute Gasteiger partial charge is 0.339 e. The Hall–Kier alpha value is -2.49. The number of H-pyrrole nitrogens is 1. The molecule has 0 aliphatic carbocycles. The highest BCUT2D eigenvalue weighted by molar-refractivity contribution is 7.90. The van der Waals surface area contributed by atoms with Gasteiger partial charge in [-0.1, -0.05) is 29.3 Å². The molecule has 27 heavy (non-hydrogen) atoms. The van der Waals surface area contributed by atoms with E-state index in [2.05, 4.69) is 22.9 Å². The number of imidazole rings is 1. The van der Waals surface area contributed by atoms with Gasteiger partial charge in [-0.05, 0) is 31.2 Å². The highest BCUT2D eigenvalue weighted by Crippen LogP contribution is 2.29. The summed E-state index contributed by atoms with van der Waals surface area (Å²) >= 11 is 10.2. The molecule has 0 radical (unpaired) electrons. The third-order valence-electron chi connectivity index (χ3n) is 3.76. The molecule has 0 aliphatic rings. The van der Waals surface area contributed by atoms with Crippen molar-refractivity contribution in [3.8, 4) is 0 Å². The average molecular weight is 424 g/mol. The van der Waals surface area contributed by atoms with E-state index >= 15 is 0 Å². The predicted molar refractivity (Wildman–Crippen MR) is 105 cm³/mol. The number of hydrogen-bond donors (Lipinski definition) is 3. The van der Waals surface area contributed by atoms with Crippen LogP contribution in [0.5, 0.6) is 0 Å². The number of halogens is 1. The SMILES string of the molecule is Cc1ccc(NC(=O)c2cc(S(=O)(=O)n3cc[nH]c3=O)c(S)cc2Cl)cc1. The van der Waals surface area contributed by atoms with Crippen LogP contribution in [0.15, 0.2) is 63.4 Å². The number of nitrogens with zero attached hydrogens (tertiary/aromatic N) is 1. The first-order chi connectivity index (χ1) is 12.7. The number of rotatable bonds is 4. The van der Waals surface area contributed by atoms with Crippen molar-refractivity contribution in [2.45, 2.75) is 16.7 Å². The van der Waals surface area contributed by atoms with E-state index in [1.54, 1.807) is 12.1 Å². The topological polar surface area (TPSA) is 101 Å². The normalized spacial score (nSPS) is 11.4. The van der Waals surface area contributed by atoms with Crippen LogP contribution in [-0.2, 0) is 10.0 Å². The molecular weight excluding hydrogens is 410 g/mol. The van der Waals surface area contributed by atoms with Crippen molar-refractivity contribution in [3.63, 3.8) is 0 Å². The van der Waals surface area contributed by atoms with Crippen LogP contribution >= 0.6 is 24.2 Å². The zero-order valence-electron chi connectivity index (χ0n) is 13.9. The molecule has 3 aromatic rings. The third-order valence-corrected chi connectivity index (χ3v) is 6.29. The summed E-state index contributed by atoms with van der Waals surface area (Å²) in [5.41, 5.74) is 0.666. The number of benzene rings is 2. The molecule has 1 amide bonds. The minimum atomic E-state index is -4.25. The first kappa shape index (κ1) is 19.3. The monoisotopic (exact) mass is 423 g/mol. The number of nitrogens with one attached hydrogen (secondary N) is 2. The van der Waals surface area contributed by atoms with Gasteiger partial charge in [0.2, 0.25) is 0 Å². The van der Waals surface area contributed by atoms with E-state index in [1.165, 1.54) is 12.3 Å². The van der Waals surface area contributed by atoms with Gasteiger partial charge in [-0.25, -0.2) is 13.2 Å². The lowest BCUT2D eigenvalue weighted by Gasteiger charge is -2.12. The van der Waals surface area contributed by atoms with E-state index in [0.29, 0.717) is 9.66 Å². The summed E-state index contributed by atoms with van der Waals surface area (Å²) in [7, 11) is -4.25. The van der Waals surface area contributed by atoms with Gasteiger partial charge >= 0.3 is 5.69 Å². The summed E-state index contributed by atoms with van der Waals surface area (Å²) in [5, 5.41) is 2.69. The highest BCUT2D eigenvalue weighted by atomic mass is 35.5. The molecule has 0 atom stereocenters. The van der Waals surface area contributed by atoms with Crippen LogP contribution < -0.4 is 11.0 Å². The predicted octanol–water partition coefficient (Wildman–Crippen LogP) is 2.92. The molecule has 3 rings (SSSR count). The van der Waals surface area contributed by atoms with Gasteiger partial charge in [0, 0.05) is 23.0 Å². The lowest BCUT2D eigenvalue weighted by Crippen LogP contribution is -2.25. The minimum absolute atomic E-state index is 0.0139. The Morgan fingerprint density at radius 2 is 1.89 bits per heavy atom. The molecule has 0 saturated carbocycles. The summed E-state index contributed by atoms with van der Waals surface area (Å²) in [4.78, 5) is 26.2. The van der Waals surface area contributed by atoms with Crippen molar-refractivity contribution in [1.29, 1.82) is 0 Å². The number of carbonyl (C=O) groups excluding carboxylic acids is 1. The van der Waals surface area contributed by atoms with Crippen LogP contribution in [-0.4, -0.2) is 23.3 Å². The lowest BCUT2D eigenvalue weighted by molar-refractivity contribution is 0.102. The molecule has 7 nitrogen and oxygen atoms in total. The Morgan fingerprint density at radius 1 is 1.22 bits per heavy atom. The van der Waals surface area contributed by atoms with Gasteiger partial charge in [0.05, 0.1) is 10.6 Å². The fourth-order valence-corrected chi connectivity index (χ4v) is 4.52. The lowest BCUT2D eigenvalue weighted by atomic mass is 10.2. The van der Waals surface area contributed by atoms with E-state index in [1.807, 2.05) is 19.1 Å². The number of amides is 1. The molecule has 0 bridgehead atoms. The molecular formula is C17H14ClN3O4S2. The van der Waals surface area contributed by atoms with Gasteiger partial charge in [-0.2, -0.15) is 3.97 Å². The summed E-state index contributed by atoms with van der Waals surface area (Å²) in [6.45, 7) is 1.91. The number of carbonyl (C=O) groups is 1. The van der Waals surface area contributed by atoms with Gasteiger partial charge < -0.3 is 10.3 Å². The number of anilines is 1. The Morgan fingerprint density at radius 3 is 2.48 bits per heavy atom. The maximum absolute atomic E-state index is 12.7. The van der Waals surface area contributed by atoms with Gasteiger partial charge in [0.15, 0.2) is 0 Å². The van der Waals surface area contributed by atoms with Gasteiger partial charge in [-0.15, -0.1) is 12.6 Å². The highest BCUT2D eigenvalue weighted by Gasteiger charge is 2.25. The summed E-state index contributed by atoms with van der Waals surface area (Å²) in [6, 6.07) is 9.42. The maximum Gasteiger partial charge on any atom is 0.339 e. The molecule has 2 aromatic carbocycles. The Bertz CT molecular complexity index is 1180. The smallest absolute Gasteiger partial charge is 0.322 e. The van der Waals surface area contributed by atoms with Crippen LogP contribution in [0, 0.1) is 6.92 Å². The van der Waals surface area contributed by atoms with Crippen LogP contribution in [0.2, 0.25) is 5.02 Å². The van der Waals surface area contributed by atoms with E-state index in [4.69, 9.17) is 11.6 Å². The quantitative estimate of drug-likeness (QED) is 0.561. The van der Waals surface area contributed by atoms with Crippen LogP contribution in [0.4, 0.5) is 5.69 Å². The first-order valence-electron chi connectivity index (χ1n) is 7.62. The number of thiol groups is 1. The molecule has 0 fully saturated rings. The number of aryl methyl sites for hydroxylation is 1. The standard InChI is InChI=1S/C17H14ClN3O4S2/c1-10-2-4-11(5-3-10)20-16(22)12-8-15(14(26)9-13(12)18)27(24,25)21-7-6-19-17(21)23/h2-9,26H,1H3,(H,19,23)(H,20,22). The molecule has 2 N–H and O–H groups in total. The van der Waals surface area contributed by atoms with Gasteiger partial charge in [-0.3, -0.25) is 4.79 Å². The van der Waals surface area contributed by atoms with E-state index in [0.717, 1.165) is 17.8 Å². The van der Waals surface area contributed by atoms with Crippen molar-refractivity contribution < 1.29 is 13.2 Å². The molecule has 1 heterocycles. The molecule has 10 heteroatoms. The van der Waals surface area contributed by atoms with E-state index < -0.39 is 21.6 Å². The van der Waals surface area contributed by atoms with Crippen molar-refractivity contribution in [3.05, 3.63) is 75.4 Å². The molecule has 0 unspecified atom stereocenters. The zero-order chi connectivity index (χ0) is 19.8.